The predicted molar refractivity (Wildman–Crippen MR) is 98.4 cm³/mol. The van der Waals surface area contributed by atoms with Crippen molar-refractivity contribution in [1.82, 2.24) is 19.8 Å². The van der Waals surface area contributed by atoms with Gasteiger partial charge in [-0.15, -0.1) is 24.0 Å². The highest BCUT2D eigenvalue weighted by molar-refractivity contribution is 14.0. The molecule has 7 heteroatoms. The van der Waals surface area contributed by atoms with Gasteiger partial charge in [-0.25, -0.2) is 4.98 Å². The number of aromatic nitrogens is 2. The quantitative estimate of drug-likeness (QED) is 0.462. The standard InChI is InChI=1S/C14H22ClN5.HI/c1-11-4-6-19(14(16-3)18-8-12(2)15)9-13(11)20-7-5-17-10-20;/h5,7,10-11,13H,2,4,6,8-9H2,1,3H3,(H,16,18);1H. The highest BCUT2D eigenvalue weighted by Crippen LogP contribution is 2.27. The number of guanidine groups is 1. The first kappa shape index (κ1) is 18.3. The van der Waals surface area contributed by atoms with E-state index in [1.54, 1.807) is 7.05 Å². The molecule has 0 aromatic carbocycles. The maximum absolute atomic E-state index is 5.81. The number of nitrogens with one attached hydrogen (secondary N) is 1. The summed E-state index contributed by atoms with van der Waals surface area (Å²) < 4.78 is 2.19. The Morgan fingerprint density at radius 1 is 1.57 bits per heavy atom. The smallest absolute Gasteiger partial charge is 0.194 e. The second-order valence-electron chi connectivity index (χ2n) is 5.21. The third kappa shape index (κ3) is 4.88. The van der Waals surface area contributed by atoms with Crippen molar-refractivity contribution in [2.45, 2.75) is 19.4 Å². The molecule has 0 bridgehead atoms. The molecule has 1 N–H and O–H groups in total. The molecule has 2 heterocycles. The number of rotatable bonds is 3. The fourth-order valence-electron chi connectivity index (χ4n) is 2.60. The van der Waals surface area contributed by atoms with Crippen LogP contribution in [-0.4, -0.2) is 47.1 Å². The molecular formula is C14H23ClIN5. The predicted octanol–water partition coefficient (Wildman–Crippen LogP) is 2.71. The first-order valence-corrected chi connectivity index (χ1v) is 7.26. The SMILES string of the molecule is C=C(Cl)CNC(=NC)N1CCC(C)C(n2ccnc2)C1.I. The van der Waals surface area contributed by atoms with Gasteiger partial charge in [0.05, 0.1) is 18.9 Å². The van der Waals surface area contributed by atoms with Gasteiger partial charge in [-0.2, -0.15) is 0 Å². The van der Waals surface area contributed by atoms with E-state index in [-0.39, 0.29) is 24.0 Å². The van der Waals surface area contributed by atoms with Gasteiger partial charge < -0.3 is 14.8 Å². The Balaban J connectivity index is 0.00000220. The highest BCUT2D eigenvalue weighted by atomic mass is 127. The molecule has 1 aliphatic heterocycles. The van der Waals surface area contributed by atoms with Crippen LogP contribution in [0.2, 0.25) is 0 Å². The molecule has 0 saturated carbocycles. The lowest BCUT2D eigenvalue weighted by Gasteiger charge is -2.39. The van der Waals surface area contributed by atoms with Crippen molar-refractivity contribution in [2.75, 3.05) is 26.7 Å². The van der Waals surface area contributed by atoms with E-state index in [9.17, 15) is 0 Å². The molecule has 2 rings (SSSR count). The molecule has 1 aliphatic rings. The summed E-state index contributed by atoms with van der Waals surface area (Å²) in [6, 6.07) is 0.420. The summed E-state index contributed by atoms with van der Waals surface area (Å²) in [4.78, 5) is 10.8. The van der Waals surface area contributed by atoms with Crippen molar-refractivity contribution in [2.24, 2.45) is 10.9 Å². The van der Waals surface area contributed by atoms with Gasteiger partial charge in [-0.05, 0) is 12.3 Å². The molecule has 1 saturated heterocycles. The molecule has 0 aliphatic carbocycles. The Bertz CT molecular complexity index is 474. The largest absolute Gasteiger partial charge is 0.351 e. The van der Waals surface area contributed by atoms with Crippen molar-refractivity contribution < 1.29 is 0 Å². The molecule has 0 spiro atoms. The van der Waals surface area contributed by atoms with Crippen molar-refractivity contribution >= 4 is 41.5 Å². The van der Waals surface area contributed by atoms with Gasteiger partial charge in [0.25, 0.3) is 0 Å². The minimum atomic E-state index is 0. The first-order chi connectivity index (χ1) is 9.61. The average Bonchev–Trinajstić information content (AvgIpc) is 2.94. The molecule has 1 fully saturated rings. The number of imidazole rings is 1. The first-order valence-electron chi connectivity index (χ1n) is 6.88. The van der Waals surface area contributed by atoms with Gasteiger partial charge in [-0.3, -0.25) is 4.99 Å². The molecule has 5 nitrogen and oxygen atoms in total. The Labute approximate surface area is 148 Å². The average molecular weight is 424 g/mol. The summed E-state index contributed by atoms with van der Waals surface area (Å²) in [7, 11) is 1.80. The summed E-state index contributed by atoms with van der Waals surface area (Å²) in [5, 5.41) is 3.82. The third-order valence-corrected chi connectivity index (χ3v) is 3.91. The van der Waals surface area contributed by atoms with E-state index in [0.29, 0.717) is 23.5 Å². The van der Waals surface area contributed by atoms with Crippen LogP contribution in [0.5, 0.6) is 0 Å². The number of nitrogens with zero attached hydrogens (tertiary/aromatic N) is 4. The van der Waals surface area contributed by atoms with Gasteiger partial charge >= 0.3 is 0 Å². The van der Waals surface area contributed by atoms with Crippen LogP contribution >= 0.6 is 35.6 Å². The van der Waals surface area contributed by atoms with E-state index < -0.39 is 0 Å². The summed E-state index contributed by atoms with van der Waals surface area (Å²) in [5.74, 6) is 1.50. The number of hydrogen-bond donors (Lipinski definition) is 1. The van der Waals surface area contributed by atoms with Crippen molar-refractivity contribution in [1.29, 1.82) is 0 Å². The van der Waals surface area contributed by atoms with Crippen LogP contribution in [0, 0.1) is 5.92 Å². The lowest BCUT2D eigenvalue weighted by atomic mass is 9.93. The fourth-order valence-corrected chi connectivity index (χ4v) is 2.67. The minimum Gasteiger partial charge on any atom is -0.351 e. The number of likely N-dealkylation sites (tertiary alicyclic amines) is 1. The van der Waals surface area contributed by atoms with Gasteiger partial charge in [-0.1, -0.05) is 25.1 Å². The fraction of sp³-hybridized carbons (Fsp3) is 0.571. The Morgan fingerprint density at radius 2 is 2.33 bits per heavy atom. The van der Waals surface area contributed by atoms with Crippen molar-refractivity contribution in [3.63, 3.8) is 0 Å². The van der Waals surface area contributed by atoms with Crippen LogP contribution in [-0.2, 0) is 0 Å². The third-order valence-electron chi connectivity index (χ3n) is 3.78. The van der Waals surface area contributed by atoms with Crippen LogP contribution in [0.25, 0.3) is 0 Å². The molecule has 2 atom stereocenters. The number of aliphatic imine (C=N–C) groups is 1. The van der Waals surface area contributed by atoms with Crippen LogP contribution in [0.15, 0.2) is 35.3 Å². The monoisotopic (exact) mass is 423 g/mol. The van der Waals surface area contributed by atoms with E-state index in [1.807, 2.05) is 18.7 Å². The van der Waals surface area contributed by atoms with E-state index in [4.69, 9.17) is 11.6 Å². The highest BCUT2D eigenvalue weighted by Gasteiger charge is 2.28. The van der Waals surface area contributed by atoms with E-state index in [1.165, 1.54) is 0 Å². The number of halogens is 2. The topological polar surface area (TPSA) is 45.5 Å². The lowest BCUT2D eigenvalue weighted by molar-refractivity contribution is 0.189. The second-order valence-corrected chi connectivity index (χ2v) is 5.74. The van der Waals surface area contributed by atoms with Gasteiger partial charge in [0.15, 0.2) is 5.96 Å². The molecule has 1 aromatic rings. The van der Waals surface area contributed by atoms with Crippen molar-refractivity contribution in [3.8, 4) is 0 Å². The van der Waals surface area contributed by atoms with Gasteiger partial charge in [0, 0.05) is 37.6 Å². The van der Waals surface area contributed by atoms with Crippen molar-refractivity contribution in [3.05, 3.63) is 30.3 Å². The van der Waals surface area contributed by atoms with Crippen LogP contribution in [0.4, 0.5) is 0 Å². The maximum atomic E-state index is 5.81. The molecule has 0 radical (unpaired) electrons. The Hall–Kier alpha value is -0.760. The Kier molecular flexibility index (Phi) is 7.51. The molecule has 118 valence electrons. The summed E-state index contributed by atoms with van der Waals surface area (Å²) in [5.41, 5.74) is 0. The molecule has 2 unspecified atom stereocenters. The minimum absolute atomic E-state index is 0. The molecule has 1 aromatic heterocycles. The molecule has 0 amide bonds. The number of hydrogen-bond acceptors (Lipinski definition) is 2. The maximum Gasteiger partial charge on any atom is 0.194 e. The zero-order chi connectivity index (χ0) is 14.5. The van der Waals surface area contributed by atoms with Crippen LogP contribution in [0.1, 0.15) is 19.4 Å². The van der Waals surface area contributed by atoms with Gasteiger partial charge in [0.2, 0.25) is 0 Å². The Morgan fingerprint density at radius 3 is 2.90 bits per heavy atom. The van der Waals surface area contributed by atoms with E-state index in [0.717, 1.165) is 25.5 Å². The van der Waals surface area contributed by atoms with E-state index >= 15 is 0 Å². The van der Waals surface area contributed by atoms with Crippen LogP contribution in [0.3, 0.4) is 0 Å². The summed E-state index contributed by atoms with van der Waals surface area (Å²) >= 11 is 5.81. The molecule has 21 heavy (non-hydrogen) atoms. The zero-order valence-corrected chi connectivity index (χ0v) is 15.6. The lowest BCUT2D eigenvalue weighted by Crippen LogP contribution is -2.49. The van der Waals surface area contributed by atoms with E-state index in [2.05, 4.69) is 38.3 Å². The van der Waals surface area contributed by atoms with Crippen LogP contribution < -0.4 is 5.32 Å². The summed E-state index contributed by atoms with van der Waals surface area (Å²) in [6.45, 7) is 8.44. The zero-order valence-electron chi connectivity index (χ0n) is 12.5. The molecular weight excluding hydrogens is 401 g/mol. The van der Waals surface area contributed by atoms with Gasteiger partial charge in [0.1, 0.15) is 0 Å². The summed E-state index contributed by atoms with van der Waals surface area (Å²) in [6.07, 6.45) is 6.88. The second kappa shape index (κ2) is 8.63. The normalized spacial score (nSPS) is 22.6. The number of piperidine rings is 1.